The standard InChI is InChI=1S/C10H10Cl2N2O/c1-6(11)10-13-9(14-15-10)7-3-2-4-8(12)5-7/h2-6,10H,1H3,(H,13,14). The quantitative estimate of drug-likeness (QED) is 0.812. The molecular formula is C10H10Cl2N2O. The van der Waals surface area contributed by atoms with Gasteiger partial charge in [-0.15, -0.1) is 11.6 Å². The van der Waals surface area contributed by atoms with Crippen molar-refractivity contribution in [1.29, 1.82) is 0 Å². The second-order valence-electron chi connectivity index (χ2n) is 3.28. The molecule has 0 aromatic heterocycles. The fourth-order valence-corrected chi connectivity index (χ4v) is 1.56. The minimum atomic E-state index is -0.347. The van der Waals surface area contributed by atoms with E-state index in [1.54, 1.807) is 0 Å². The third-order valence-electron chi connectivity index (χ3n) is 2.02. The van der Waals surface area contributed by atoms with Gasteiger partial charge in [0.25, 0.3) is 0 Å². The first-order valence-electron chi connectivity index (χ1n) is 4.56. The smallest absolute Gasteiger partial charge is 0.193 e. The van der Waals surface area contributed by atoms with Crippen molar-refractivity contribution in [3.63, 3.8) is 0 Å². The second-order valence-corrected chi connectivity index (χ2v) is 4.40. The molecule has 1 aliphatic heterocycles. The Morgan fingerprint density at radius 2 is 2.33 bits per heavy atom. The molecule has 2 unspecified atom stereocenters. The molecule has 1 N–H and O–H groups in total. The number of aliphatic imine (C=N–C) groups is 1. The van der Waals surface area contributed by atoms with Crippen LogP contribution in [0.25, 0.3) is 0 Å². The van der Waals surface area contributed by atoms with Crippen molar-refractivity contribution in [2.45, 2.75) is 18.5 Å². The lowest BCUT2D eigenvalue weighted by molar-refractivity contribution is 0.0387. The van der Waals surface area contributed by atoms with E-state index in [9.17, 15) is 0 Å². The number of hydroxylamine groups is 1. The molecule has 1 aromatic carbocycles. The molecule has 1 heterocycles. The average molecular weight is 245 g/mol. The van der Waals surface area contributed by atoms with E-state index in [-0.39, 0.29) is 11.6 Å². The van der Waals surface area contributed by atoms with E-state index in [1.165, 1.54) is 0 Å². The van der Waals surface area contributed by atoms with Crippen LogP contribution in [0.4, 0.5) is 0 Å². The summed E-state index contributed by atoms with van der Waals surface area (Å²) in [5.41, 5.74) is 3.63. The summed E-state index contributed by atoms with van der Waals surface area (Å²) in [6.45, 7) is 1.83. The van der Waals surface area contributed by atoms with Crippen molar-refractivity contribution >= 4 is 29.0 Å². The highest BCUT2D eigenvalue weighted by Crippen LogP contribution is 2.16. The summed E-state index contributed by atoms with van der Waals surface area (Å²) in [4.78, 5) is 9.48. The van der Waals surface area contributed by atoms with Gasteiger partial charge in [-0.1, -0.05) is 23.7 Å². The monoisotopic (exact) mass is 244 g/mol. The van der Waals surface area contributed by atoms with E-state index in [2.05, 4.69) is 10.5 Å². The maximum Gasteiger partial charge on any atom is 0.193 e. The van der Waals surface area contributed by atoms with E-state index in [4.69, 9.17) is 28.0 Å². The van der Waals surface area contributed by atoms with Crippen LogP contribution in [-0.4, -0.2) is 17.4 Å². The van der Waals surface area contributed by atoms with Gasteiger partial charge in [-0.3, -0.25) is 0 Å². The number of nitrogens with zero attached hydrogens (tertiary/aromatic N) is 1. The van der Waals surface area contributed by atoms with Gasteiger partial charge in [0.05, 0.1) is 5.38 Å². The Balaban J connectivity index is 2.22. The minimum Gasteiger partial charge on any atom is -0.246 e. The normalized spacial score (nSPS) is 22.1. The molecule has 0 saturated heterocycles. The van der Waals surface area contributed by atoms with Crippen molar-refractivity contribution in [2.24, 2.45) is 4.99 Å². The molecule has 15 heavy (non-hydrogen) atoms. The van der Waals surface area contributed by atoms with Gasteiger partial charge in [-0.25, -0.2) is 15.3 Å². The first kappa shape index (κ1) is 10.7. The number of rotatable bonds is 2. The van der Waals surface area contributed by atoms with E-state index in [1.807, 2.05) is 31.2 Å². The molecule has 0 aliphatic carbocycles. The number of halogens is 2. The van der Waals surface area contributed by atoms with Crippen LogP contribution in [0.2, 0.25) is 5.02 Å². The van der Waals surface area contributed by atoms with Crippen LogP contribution in [0, 0.1) is 0 Å². The molecule has 80 valence electrons. The highest BCUT2D eigenvalue weighted by Gasteiger charge is 2.23. The van der Waals surface area contributed by atoms with E-state index in [0.717, 1.165) is 5.56 Å². The zero-order valence-electron chi connectivity index (χ0n) is 8.08. The third-order valence-corrected chi connectivity index (χ3v) is 2.47. The van der Waals surface area contributed by atoms with Crippen molar-refractivity contribution in [3.8, 4) is 0 Å². The first-order chi connectivity index (χ1) is 7.16. The van der Waals surface area contributed by atoms with Crippen molar-refractivity contribution in [1.82, 2.24) is 5.48 Å². The largest absolute Gasteiger partial charge is 0.246 e. The minimum absolute atomic E-state index is 0.172. The molecule has 0 amide bonds. The molecule has 5 heteroatoms. The molecule has 0 spiro atoms. The number of hydrogen-bond acceptors (Lipinski definition) is 3. The second kappa shape index (κ2) is 4.39. The zero-order chi connectivity index (χ0) is 10.8. The number of hydrogen-bond donors (Lipinski definition) is 1. The molecule has 0 fully saturated rings. The first-order valence-corrected chi connectivity index (χ1v) is 5.38. The fourth-order valence-electron chi connectivity index (χ4n) is 1.26. The van der Waals surface area contributed by atoms with E-state index >= 15 is 0 Å². The van der Waals surface area contributed by atoms with Gasteiger partial charge >= 0.3 is 0 Å². The van der Waals surface area contributed by atoms with Crippen LogP contribution in [0.5, 0.6) is 0 Å². The topological polar surface area (TPSA) is 33.6 Å². The SMILES string of the molecule is CC(Cl)C1N=C(c2cccc(Cl)c2)NO1. The highest BCUT2D eigenvalue weighted by atomic mass is 35.5. The van der Waals surface area contributed by atoms with Gasteiger partial charge in [0.2, 0.25) is 0 Å². The lowest BCUT2D eigenvalue weighted by atomic mass is 10.2. The summed E-state index contributed by atoms with van der Waals surface area (Å²) in [7, 11) is 0. The molecule has 0 bridgehead atoms. The summed E-state index contributed by atoms with van der Waals surface area (Å²) in [5.74, 6) is 0.662. The van der Waals surface area contributed by atoms with Gasteiger partial charge in [0, 0.05) is 10.6 Å². The molecule has 3 nitrogen and oxygen atoms in total. The molecule has 1 aromatic rings. The number of alkyl halides is 1. The summed E-state index contributed by atoms with van der Waals surface area (Å²) in [6.07, 6.45) is -0.347. The summed E-state index contributed by atoms with van der Waals surface area (Å²) < 4.78 is 0. The Hall–Kier alpha value is -0.770. The van der Waals surface area contributed by atoms with Gasteiger partial charge in [0.1, 0.15) is 0 Å². The van der Waals surface area contributed by atoms with Crippen LogP contribution < -0.4 is 5.48 Å². The highest BCUT2D eigenvalue weighted by molar-refractivity contribution is 6.31. The molecule has 2 rings (SSSR count). The number of amidine groups is 1. The van der Waals surface area contributed by atoms with Crippen molar-refractivity contribution in [3.05, 3.63) is 34.9 Å². The van der Waals surface area contributed by atoms with Crippen molar-refractivity contribution < 1.29 is 4.84 Å². The fraction of sp³-hybridized carbons (Fsp3) is 0.300. The van der Waals surface area contributed by atoms with Gasteiger partial charge in [-0.2, -0.15) is 0 Å². The van der Waals surface area contributed by atoms with Crippen LogP contribution in [0.3, 0.4) is 0 Å². The van der Waals surface area contributed by atoms with Gasteiger partial charge < -0.3 is 0 Å². The Kier molecular flexibility index (Phi) is 3.14. The predicted octanol–water partition coefficient (Wildman–Crippen LogP) is 2.57. The van der Waals surface area contributed by atoms with Crippen molar-refractivity contribution in [2.75, 3.05) is 0 Å². The lowest BCUT2D eigenvalue weighted by Gasteiger charge is -2.05. The van der Waals surface area contributed by atoms with Crippen LogP contribution in [0.1, 0.15) is 12.5 Å². The Labute approximate surface area is 98.0 Å². The average Bonchev–Trinajstić information content (AvgIpc) is 2.66. The molecule has 0 saturated carbocycles. The van der Waals surface area contributed by atoms with Crippen LogP contribution in [-0.2, 0) is 4.84 Å². The van der Waals surface area contributed by atoms with Gasteiger partial charge in [0.15, 0.2) is 12.1 Å². The molecular weight excluding hydrogens is 235 g/mol. The molecule has 1 aliphatic rings. The zero-order valence-corrected chi connectivity index (χ0v) is 9.59. The molecule has 0 radical (unpaired) electrons. The summed E-state index contributed by atoms with van der Waals surface area (Å²) >= 11 is 11.7. The van der Waals surface area contributed by atoms with E-state index in [0.29, 0.717) is 10.9 Å². The third kappa shape index (κ3) is 2.43. The predicted molar refractivity (Wildman–Crippen MR) is 61.3 cm³/mol. The Bertz CT molecular complexity index is 393. The summed E-state index contributed by atoms with van der Waals surface area (Å²) in [5, 5.41) is 0.494. The Morgan fingerprint density at radius 3 is 2.93 bits per heavy atom. The maximum atomic E-state index is 5.87. The molecule has 2 atom stereocenters. The van der Waals surface area contributed by atoms with Crippen LogP contribution >= 0.6 is 23.2 Å². The lowest BCUT2D eigenvalue weighted by Crippen LogP contribution is -2.22. The van der Waals surface area contributed by atoms with E-state index < -0.39 is 0 Å². The Morgan fingerprint density at radius 1 is 1.53 bits per heavy atom. The number of nitrogens with one attached hydrogen (secondary N) is 1. The summed E-state index contributed by atoms with van der Waals surface area (Å²) in [6, 6.07) is 7.39. The van der Waals surface area contributed by atoms with Crippen LogP contribution in [0.15, 0.2) is 29.3 Å². The maximum absolute atomic E-state index is 5.87. The number of benzene rings is 1. The van der Waals surface area contributed by atoms with Gasteiger partial charge in [-0.05, 0) is 19.1 Å².